The van der Waals surface area contributed by atoms with E-state index in [2.05, 4.69) is 0 Å². The van der Waals surface area contributed by atoms with Crippen LogP contribution in [-0.4, -0.2) is 28.9 Å². The molecule has 2 fully saturated rings. The molecule has 102 valence electrons. The summed E-state index contributed by atoms with van der Waals surface area (Å²) in [4.78, 5) is 14.3. The van der Waals surface area contributed by atoms with E-state index in [1.165, 1.54) is 12.1 Å². The molecule has 0 radical (unpaired) electrons. The van der Waals surface area contributed by atoms with E-state index in [0.717, 1.165) is 25.7 Å². The lowest BCUT2D eigenvalue weighted by Gasteiger charge is -2.37. The molecule has 2 aliphatic heterocycles. The molecule has 3 rings (SSSR count). The molecule has 2 unspecified atom stereocenters. The minimum Gasteiger partial charge on any atom is -0.332 e. The Labute approximate surface area is 116 Å². The van der Waals surface area contributed by atoms with Crippen LogP contribution in [0.1, 0.15) is 36.0 Å². The van der Waals surface area contributed by atoms with E-state index in [4.69, 9.17) is 17.3 Å². The summed E-state index contributed by atoms with van der Waals surface area (Å²) in [6, 6.07) is 4.69. The molecule has 2 saturated heterocycles. The van der Waals surface area contributed by atoms with Gasteiger partial charge in [-0.1, -0.05) is 11.6 Å². The van der Waals surface area contributed by atoms with Crippen molar-refractivity contribution in [1.29, 1.82) is 0 Å². The summed E-state index contributed by atoms with van der Waals surface area (Å²) in [6.07, 6.45) is 3.58. The number of halogens is 2. The molecular weight excluding hydrogens is 267 g/mol. The number of benzene rings is 1. The topological polar surface area (TPSA) is 46.3 Å². The lowest BCUT2D eigenvalue weighted by atomic mass is 9.97. The lowest BCUT2D eigenvalue weighted by Crippen LogP contribution is -2.50. The smallest absolute Gasteiger partial charge is 0.257 e. The second kappa shape index (κ2) is 4.76. The largest absolute Gasteiger partial charge is 0.332 e. The van der Waals surface area contributed by atoms with Gasteiger partial charge in [-0.15, -0.1) is 0 Å². The molecule has 0 saturated carbocycles. The average Bonchev–Trinajstić information content (AvgIpc) is 2.61. The minimum atomic E-state index is -0.549. The third-order valence-electron chi connectivity index (χ3n) is 4.17. The molecule has 3 nitrogen and oxygen atoms in total. The quantitative estimate of drug-likeness (QED) is 0.860. The van der Waals surface area contributed by atoms with Crippen LogP contribution in [-0.2, 0) is 0 Å². The fourth-order valence-electron chi connectivity index (χ4n) is 3.35. The first-order chi connectivity index (χ1) is 9.06. The number of carbonyl (C=O) groups excluding carboxylic acids is 1. The number of fused-ring (bicyclic) bond motifs is 2. The fraction of sp³-hybridized carbons (Fsp3) is 0.500. The molecule has 0 aromatic heterocycles. The Kier molecular flexibility index (Phi) is 3.23. The first kappa shape index (κ1) is 12.9. The van der Waals surface area contributed by atoms with Crippen molar-refractivity contribution in [2.75, 3.05) is 0 Å². The van der Waals surface area contributed by atoms with Crippen molar-refractivity contribution < 1.29 is 9.18 Å². The Balaban J connectivity index is 1.88. The van der Waals surface area contributed by atoms with Crippen molar-refractivity contribution in [3.05, 3.63) is 34.6 Å². The van der Waals surface area contributed by atoms with Gasteiger partial charge in [-0.25, -0.2) is 4.39 Å². The summed E-state index contributed by atoms with van der Waals surface area (Å²) in [6.45, 7) is 0. The maximum atomic E-state index is 13.9. The molecule has 2 bridgehead atoms. The number of nitrogens with two attached hydrogens (primary N) is 1. The van der Waals surface area contributed by atoms with Gasteiger partial charge < -0.3 is 10.6 Å². The Morgan fingerprint density at radius 2 is 1.95 bits per heavy atom. The maximum Gasteiger partial charge on any atom is 0.257 e. The number of nitrogens with zero attached hydrogens (tertiary/aromatic N) is 1. The summed E-state index contributed by atoms with van der Waals surface area (Å²) in [5, 5.41) is 0.303. The Bertz CT molecular complexity index is 508. The monoisotopic (exact) mass is 282 g/mol. The number of hydrogen-bond acceptors (Lipinski definition) is 2. The number of piperidine rings is 1. The normalized spacial score (nSPS) is 29.6. The van der Waals surface area contributed by atoms with Gasteiger partial charge in [0.15, 0.2) is 0 Å². The van der Waals surface area contributed by atoms with Crippen LogP contribution >= 0.6 is 11.6 Å². The van der Waals surface area contributed by atoms with Gasteiger partial charge in [0.1, 0.15) is 5.82 Å². The Morgan fingerprint density at radius 1 is 1.32 bits per heavy atom. The average molecular weight is 283 g/mol. The lowest BCUT2D eigenvalue weighted by molar-refractivity contribution is 0.0570. The van der Waals surface area contributed by atoms with Crippen LogP contribution in [0, 0.1) is 5.82 Å². The zero-order valence-electron chi connectivity index (χ0n) is 10.5. The van der Waals surface area contributed by atoms with Gasteiger partial charge in [0.05, 0.1) is 5.56 Å². The molecule has 2 N–H and O–H groups in total. The van der Waals surface area contributed by atoms with Crippen molar-refractivity contribution in [2.45, 2.75) is 43.8 Å². The van der Waals surface area contributed by atoms with E-state index in [-0.39, 0.29) is 29.6 Å². The van der Waals surface area contributed by atoms with Crippen LogP contribution < -0.4 is 5.73 Å². The van der Waals surface area contributed by atoms with Crippen molar-refractivity contribution >= 4 is 17.5 Å². The standard InChI is InChI=1S/C14H16ClFN2O/c15-8-1-4-12(13(16)5-8)14(19)18-10-2-3-11(18)7-9(17)6-10/h1,4-5,9-11H,2-3,6-7,17H2. The van der Waals surface area contributed by atoms with Gasteiger partial charge in [-0.2, -0.15) is 0 Å². The summed E-state index contributed by atoms with van der Waals surface area (Å²) in [5.74, 6) is -0.777. The number of carbonyl (C=O) groups is 1. The van der Waals surface area contributed by atoms with Gasteiger partial charge in [-0.3, -0.25) is 4.79 Å². The molecule has 1 aromatic carbocycles. The first-order valence-electron chi connectivity index (χ1n) is 6.59. The van der Waals surface area contributed by atoms with Crippen molar-refractivity contribution in [3.63, 3.8) is 0 Å². The molecule has 2 heterocycles. The molecule has 1 aromatic rings. The highest BCUT2D eigenvalue weighted by Gasteiger charge is 2.42. The number of amides is 1. The highest BCUT2D eigenvalue weighted by atomic mass is 35.5. The second-order valence-corrected chi connectivity index (χ2v) is 5.89. The van der Waals surface area contributed by atoms with E-state index in [9.17, 15) is 9.18 Å². The van der Waals surface area contributed by atoms with Crippen LogP contribution in [0.4, 0.5) is 4.39 Å². The van der Waals surface area contributed by atoms with Crippen molar-refractivity contribution in [1.82, 2.24) is 4.90 Å². The van der Waals surface area contributed by atoms with Gasteiger partial charge in [0.2, 0.25) is 0 Å². The minimum absolute atomic E-state index is 0.108. The summed E-state index contributed by atoms with van der Waals surface area (Å²) >= 11 is 5.71. The SMILES string of the molecule is NC1CC2CCC(C1)N2C(=O)c1ccc(Cl)cc1F. The number of hydrogen-bond donors (Lipinski definition) is 1. The molecule has 19 heavy (non-hydrogen) atoms. The zero-order valence-corrected chi connectivity index (χ0v) is 11.2. The van der Waals surface area contributed by atoms with Crippen LogP contribution in [0.5, 0.6) is 0 Å². The third-order valence-corrected chi connectivity index (χ3v) is 4.40. The van der Waals surface area contributed by atoms with Gasteiger partial charge >= 0.3 is 0 Å². The summed E-state index contributed by atoms with van der Waals surface area (Å²) < 4.78 is 13.9. The summed E-state index contributed by atoms with van der Waals surface area (Å²) in [5.41, 5.74) is 6.09. The van der Waals surface area contributed by atoms with Crippen molar-refractivity contribution in [2.24, 2.45) is 5.73 Å². The second-order valence-electron chi connectivity index (χ2n) is 5.45. The predicted octanol–water partition coefficient (Wildman–Crippen LogP) is 2.57. The molecular formula is C14H16ClFN2O. The highest BCUT2D eigenvalue weighted by molar-refractivity contribution is 6.30. The molecule has 2 aliphatic rings. The van der Waals surface area contributed by atoms with E-state index >= 15 is 0 Å². The van der Waals surface area contributed by atoms with Crippen LogP contribution in [0.3, 0.4) is 0 Å². The Hall–Kier alpha value is -1.13. The van der Waals surface area contributed by atoms with Crippen LogP contribution in [0.15, 0.2) is 18.2 Å². The van der Waals surface area contributed by atoms with Gasteiger partial charge in [0.25, 0.3) is 5.91 Å². The highest BCUT2D eigenvalue weighted by Crippen LogP contribution is 2.36. The van der Waals surface area contributed by atoms with Gasteiger partial charge in [-0.05, 0) is 43.9 Å². The molecule has 1 amide bonds. The number of rotatable bonds is 1. The van der Waals surface area contributed by atoms with Crippen molar-refractivity contribution in [3.8, 4) is 0 Å². The van der Waals surface area contributed by atoms with E-state index in [1.807, 2.05) is 4.90 Å². The van der Waals surface area contributed by atoms with E-state index in [0.29, 0.717) is 5.02 Å². The van der Waals surface area contributed by atoms with E-state index in [1.54, 1.807) is 6.07 Å². The molecule has 0 spiro atoms. The third kappa shape index (κ3) is 2.23. The van der Waals surface area contributed by atoms with Gasteiger partial charge in [0, 0.05) is 23.1 Å². The molecule has 5 heteroatoms. The Morgan fingerprint density at radius 3 is 2.53 bits per heavy atom. The zero-order chi connectivity index (χ0) is 13.6. The predicted molar refractivity (Wildman–Crippen MR) is 71.6 cm³/mol. The summed E-state index contributed by atoms with van der Waals surface area (Å²) in [7, 11) is 0. The fourth-order valence-corrected chi connectivity index (χ4v) is 3.51. The molecule has 0 aliphatic carbocycles. The van der Waals surface area contributed by atoms with E-state index < -0.39 is 5.82 Å². The maximum absolute atomic E-state index is 13.9. The van der Waals surface area contributed by atoms with Crippen LogP contribution in [0.25, 0.3) is 0 Å². The van der Waals surface area contributed by atoms with Crippen LogP contribution in [0.2, 0.25) is 5.02 Å². The first-order valence-corrected chi connectivity index (χ1v) is 6.97. The molecule has 2 atom stereocenters.